The summed E-state index contributed by atoms with van der Waals surface area (Å²) in [6.07, 6.45) is 0. The first-order chi connectivity index (χ1) is 9.99. The van der Waals surface area contributed by atoms with Gasteiger partial charge in [0.1, 0.15) is 0 Å². The van der Waals surface area contributed by atoms with E-state index in [2.05, 4.69) is 4.90 Å². The van der Waals surface area contributed by atoms with Crippen molar-refractivity contribution >= 4 is 28.6 Å². The summed E-state index contributed by atoms with van der Waals surface area (Å²) in [5, 5.41) is 11.0. The summed E-state index contributed by atoms with van der Waals surface area (Å²) in [6.45, 7) is 1.36. The SMILES string of the molecule is COc1ccc(CN(C)Cc2ccc(Cl)s2)cc1[N+](=O)[O-]. The maximum Gasteiger partial charge on any atom is 0.311 e. The van der Waals surface area contributed by atoms with Gasteiger partial charge in [-0.3, -0.25) is 15.0 Å². The van der Waals surface area contributed by atoms with Crippen LogP contribution in [0.25, 0.3) is 0 Å². The van der Waals surface area contributed by atoms with E-state index < -0.39 is 4.92 Å². The first kappa shape index (κ1) is 15.8. The molecule has 0 unspecified atom stereocenters. The normalized spacial score (nSPS) is 10.9. The molecule has 0 aliphatic rings. The molecule has 21 heavy (non-hydrogen) atoms. The standard InChI is InChI=1S/C14H15ClN2O3S/c1-16(9-11-4-6-14(15)21-11)8-10-3-5-13(20-2)12(7-10)17(18)19/h3-7H,8-9H2,1-2H3. The van der Waals surface area contributed by atoms with Gasteiger partial charge < -0.3 is 4.74 Å². The van der Waals surface area contributed by atoms with E-state index in [1.165, 1.54) is 18.4 Å². The minimum absolute atomic E-state index is 0.0115. The number of methoxy groups -OCH3 is 1. The topological polar surface area (TPSA) is 55.6 Å². The Bertz CT molecular complexity index is 645. The van der Waals surface area contributed by atoms with Gasteiger partial charge in [0.15, 0.2) is 5.75 Å². The highest BCUT2D eigenvalue weighted by molar-refractivity contribution is 7.16. The number of nitro groups is 1. The molecule has 0 N–H and O–H groups in total. The van der Waals surface area contributed by atoms with Crippen LogP contribution in [0.15, 0.2) is 30.3 Å². The molecule has 2 aromatic rings. The number of nitro benzene ring substituents is 1. The summed E-state index contributed by atoms with van der Waals surface area (Å²) in [4.78, 5) is 13.8. The fourth-order valence-corrected chi connectivity index (χ4v) is 3.21. The molecular formula is C14H15ClN2O3S. The number of halogens is 1. The Balaban J connectivity index is 2.08. The van der Waals surface area contributed by atoms with Crippen LogP contribution in [0.5, 0.6) is 5.75 Å². The second-order valence-corrected chi connectivity index (χ2v) is 6.44. The van der Waals surface area contributed by atoms with Crippen LogP contribution in [-0.2, 0) is 13.1 Å². The Labute approximate surface area is 131 Å². The number of rotatable bonds is 6. The smallest absolute Gasteiger partial charge is 0.311 e. The molecule has 7 heteroatoms. The number of thiophene rings is 1. The van der Waals surface area contributed by atoms with Crippen LogP contribution in [0.2, 0.25) is 4.34 Å². The first-order valence-corrected chi connectivity index (χ1v) is 7.43. The summed E-state index contributed by atoms with van der Waals surface area (Å²) in [5.41, 5.74) is 0.857. The van der Waals surface area contributed by atoms with Crippen molar-refractivity contribution in [1.29, 1.82) is 0 Å². The van der Waals surface area contributed by atoms with Gasteiger partial charge >= 0.3 is 5.69 Å². The third kappa shape index (κ3) is 4.17. The van der Waals surface area contributed by atoms with E-state index in [4.69, 9.17) is 16.3 Å². The van der Waals surface area contributed by atoms with Crippen molar-refractivity contribution in [3.05, 3.63) is 55.2 Å². The summed E-state index contributed by atoms with van der Waals surface area (Å²) in [7, 11) is 3.39. The molecule has 0 amide bonds. The van der Waals surface area contributed by atoms with Gasteiger partial charge in [0, 0.05) is 24.0 Å². The summed E-state index contributed by atoms with van der Waals surface area (Å²) in [6, 6.07) is 8.87. The highest BCUT2D eigenvalue weighted by atomic mass is 35.5. The predicted molar refractivity (Wildman–Crippen MR) is 84.1 cm³/mol. The number of hydrogen-bond acceptors (Lipinski definition) is 5. The van der Waals surface area contributed by atoms with Crippen molar-refractivity contribution in [2.75, 3.05) is 14.2 Å². The van der Waals surface area contributed by atoms with Crippen LogP contribution in [0.3, 0.4) is 0 Å². The summed E-state index contributed by atoms with van der Waals surface area (Å²) in [5.74, 6) is 0.274. The third-order valence-electron chi connectivity index (χ3n) is 2.95. The number of hydrogen-bond donors (Lipinski definition) is 0. The van der Waals surface area contributed by atoms with E-state index in [1.54, 1.807) is 12.1 Å². The summed E-state index contributed by atoms with van der Waals surface area (Å²) < 4.78 is 5.76. The van der Waals surface area contributed by atoms with Gasteiger partial charge in [0.2, 0.25) is 0 Å². The van der Waals surface area contributed by atoms with Crippen LogP contribution in [-0.4, -0.2) is 24.0 Å². The number of benzene rings is 1. The lowest BCUT2D eigenvalue weighted by atomic mass is 10.1. The van der Waals surface area contributed by atoms with Crippen LogP contribution in [0.4, 0.5) is 5.69 Å². The Morgan fingerprint density at radius 1 is 1.33 bits per heavy atom. The molecule has 1 aromatic heterocycles. The van der Waals surface area contributed by atoms with Crippen LogP contribution >= 0.6 is 22.9 Å². The molecule has 0 aliphatic carbocycles. The number of nitrogens with zero attached hydrogens (tertiary/aromatic N) is 2. The Hall–Kier alpha value is -1.63. The van der Waals surface area contributed by atoms with Crippen molar-refractivity contribution in [3.8, 4) is 5.75 Å². The van der Waals surface area contributed by atoms with E-state index >= 15 is 0 Å². The second-order valence-electron chi connectivity index (χ2n) is 4.64. The average molecular weight is 327 g/mol. The van der Waals surface area contributed by atoms with E-state index in [-0.39, 0.29) is 11.4 Å². The molecule has 2 rings (SSSR count). The van der Waals surface area contributed by atoms with Crippen molar-refractivity contribution in [2.45, 2.75) is 13.1 Å². The van der Waals surface area contributed by atoms with Gasteiger partial charge in [-0.2, -0.15) is 0 Å². The molecule has 0 atom stereocenters. The van der Waals surface area contributed by atoms with Crippen LogP contribution < -0.4 is 4.74 Å². The van der Waals surface area contributed by atoms with Crippen molar-refractivity contribution in [3.63, 3.8) is 0 Å². The molecule has 5 nitrogen and oxygen atoms in total. The lowest BCUT2D eigenvalue weighted by Gasteiger charge is -2.15. The molecule has 0 fully saturated rings. The zero-order valence-electron chi connectivity index (χ0n) is 11.7. The van der Waals surface area contributed by atoms with Crippen LogP contribution in [0.1, 0.15) is 10.4 Å². The van der Waals surface area contributed by atoms with Gasteiger partial charge in [0.25, 0.3) is 0 Å². The zero-order chi connectivity index (χ0) is 15.4. The molecule has 0 spiro atoms. The second kappa shape index (κ2) is 6.89. The summed E-state index contributed by atoms with van der Waals surface area (Å²) >= 11 is 7.44. The molecule has 0 radical (unpaired) electrons. The minimum Gasteiger partial charge on any atom is -0.490 e. The highest BCUT2D eigenvalue weighted by Gasteiger charge is 2.15. The quantitative estimate of drug-likeness (QED) is 0.595. The number of ether oxygens (including phenoxy) is 1. The molecule has 0 bridgehead atoms. The molecule has 0 saturated heterocycles. The van der Waals surface area contributed by atoms with E-state index in [9.17, 15) is 10.1 Å². The van der Waals surface area contributed by atoms with E-state index in [0.717, 1.165) is 21.3 Å². The maximum atomic E-state index is 11.0. The van der Waals surface area contributed by atoms with E-state index in [0.29, 0.717) is 6.54 Å². The van der Waals surface area contributed by atoms with Crippen molar-refractivity contribution in [1.82, 2.24) is 4.90 Å². The van der Waals surface area contributed by atoms with Gasteiger partial charge in [0.05, 0.1) is 16.4 Å². The molecule has 0 aliphatic heterocycles. The molecule has 0 saturated carbocycles. The molecule has 1 heterocycles. The Morgan fingerprint density at radius 2 is 2.10 bits per heavy atom. The average Bonchev–Trinajstić information content (AvgIpc) is 2.83. The molecule has 112 valence electrons. The van der Waals surface area contributed by atoms with Crippen LogP contribution in [0, 0.1) is 10.1 Å². The zero-order valence-corrected chi connectivity index (χ0v) is 13.3. The fraction of sp³-hybridized carbons (Fsp3) is 0.286. The molecule has 1 aromatic carbocycles. The maximum absolute atomic E-state index is 11.0. The largest absolute Gasteiger partial charge is 0.490 e. The van der Waals surface area contributed by atoms with E-state index in [1.807, 2.05) is 25.2 Å². The van der Waals surface area contributed by atoms with Gasteiger partial charge in [-0.05, 0) is 30.8 Å². The lowest BCUT2D eigenvalue weighted by molar-refractivity contribution is -0.385. The fourth-order valence-electron chi connectivity index (χ4n) is 2.05. The van der Waals surface area contributed by atoms with Crippen molar-refractivity contribution < 1.29 is 9.66 Å². The minimum atomic E-state index is -0.429. The first-order valence-electron chi connectivity index (χ1n) is 6.23. The highest BCUT2D eigenvalue weighted by Crippen LogP contribution is 2.28. The lowest BCUT2D eigenvalue weighted by Crippen LogP contribution is -2.16. The Kier molecular flexibility index (Phi) is 5.17. The monoisotopic (exact) mass is 326 g/mol. The third-order valence-corrected chi connectivity index (χ3v) is 4.16. The van der Waals surface area contributed by atoms with Gasteiger partial charge in [-0.25, -0.2) is 0 Å². The van der Waals surface area contributed by atoms with Gasteiger partial charge in [-0.1, -0.05) is 17.7 Å². The van der Waals surface area contributed by atoms with Gasteiger partial charge in [-0.15, -0.1) is 11.3 Å². The van der Waals surface area contributed by atoms with Crippen molar-refractivity contribution in [2.24, 2.45) is 0 Å². The predicted octanol–water partition coefficient (Wildman–Crippen LogP) is 3.95. The Morgan fingerprint density at radius 3 is 2.67 bits per heavy atom. The molecular weight excluding hydrogens is 312 g/mol.